The summed E-state index contributed by atoms with van der Waals surface area (Å²) < 4.78 is 66.6. The third-order valence-electron chi connectivity index (χ3n) is 5.40. The molecule has 3 aromatic rings. The standard InChI is InChI=1S/C25H32FN5O3/c1-13(2)31-23(27)20(24(28)33)22(29-31)16-9-7-15(8-10-16)14(3)18(32)11-19-21(26)17(30-34-19)12-25(4,5)6/h7-10,13-14H,11-12,27H2,1-6H3,(H2,28,33)/i1D3,2D3. The van der Waals surface area contributed by atoms with Crippen molar-refractivity contribution < 1.29 is 26.7 Å². The van der Waals surface area contributed by atoms with Crippen LogP contribution in [0.2, 0.25) is 0 Å². The molecule has 0 aliphatic rings. The fourth-order valence-corrected chi connectivity index (χ4v) is 3.59. The smallest absolute Gasteiger partial charge is 0.254 e. The minimum Gasteiger partial charge on any atom is -0.383 e. The van der Waals surface area contributed by atoms with Crippen molar-refractivity contribution in [2.24, 2.45) is 11.1 Å². The summed E-state index contributed by atoms with van der Waals surface area (Å²) in [5.74, 6) is -3.29. The first-order valence-electron chi connectivity index (χ1n) is 13.7. The molecular formula is C25H32FN5O3. The van der Waals surface area contributed by atoms with Gasteiger partial charge in [-0.25, -0.2) is 9.07 Å². The van der Waals surface area contributed by atoms with E-state index in [1.807, 2.05) is 20.8 Å². The molecule has 0 aliphatic heterocycles. The Bertz CT molecular complexity index is 1390. The van der Waals surface area contributed by atoms with Crippen LogP contribution in [0.15, 0.2) is 28.8 Å². The van der Waals surface area contributed by atoms with Crippen molar-refractivity contribution in [3.63, 3.8) is 0 Å². The van der Waals surface area contributed by atoms with Gasteiger partial charge in [0, 0.05) is 32.2 Å². The molecule has 2 aromatic heterocycles. The van der Waals surface area contributed by atoms with Crippen LogP contribution in [0.3, 0.4) is 0 Å². The number of halogens is 1. The van der Waals surface area contributed by atoms with Gasteiger partial charge in [0.2, 0.25) is 0 Å². The van der Waals surface area contributed by atoms with Crippen molar-refractivity contribution in [2.75, 3.05) is 5.73 Å². The van der Waals surface area contributed by atoms with Crippen LogP contribution < -0.4 is 11.5 Å². The van der Waals surface area contributed by atoms with Crippen LogP contribution in [-0.2, 0) is 17.6 Å². The van der Waals surface area contributed by atoms with Crippen molar-refractivity contribution >= 4 is 17.5 Å². The highest BCUT2D eigenvalue weighted by molar-refractivity contribution is 6.03. The van der Waals surface area contributed by atoms with Gasteiger partial charge >= 0.3 is 0 Å². The van der Waals surface area contributed by atoms with Gasteiger partial charge in [-0.3, -0.25) is 9.59 Å². The molecule has 0 spiro atoms. The maximum atomic E-state index is 14.7. The summed E-state index contributed by atoms with van der Waals surface area (Å²) >= 11 is 0. The van der Waals surface area contributed by atoms with E-state index in [4.69, 9.17) is 24.2 Å². The first-order chi connectivity index (χ1) is 18.2. The van der Waals surface area contributed by atoms with Crippen molar-refractivity contribution in [1.82, 2.24) is 14.9 Å². The van der Waals surface area contributed by atoms with E-state index in [9.17, 15) is 14.0 Å². The average Bonchev–Trinajstić information content (AvgIpc) is 3.30. The molecule has 1 amide bonds. The highest BCUT2D eigenvalue weighted by atomic mass is 19.1. The van der Waals surface area contributed by atoms with Gasteiger partial charge in [0.25, 0.3) is 5.91 Å². The van der Waals surface area contributed by atoms with E-state index >= 15 is 0 Å². The van der Waals surface area contributed by atoms with Gasteiger partial charge in [0.05, 0.1) is 6.42 Å². The molecule has 0 saturated heterocycles. The van der Waals surface area contributed by atoms with E-state index in [0.29, 0.717) is 16.7 Å². The molecule has 0 bridgehead atoms. The Labute approximate surface area is 206 Å². The molecule has 4 N–H and O–H groups in total. The van der Waals surface area contributed by atoms with Crippen LogP contribution in [-0.4, -0.2) is 26.6 Å². The van der Waals surface area contributed by atoms with Gasteiger partial charge in [-0.15, -0.1) is 0 Å². The monoisotopic (exact) mass is 475 g/mol. The van der Waals surface area contributed by atoms with Crippen LogP contribution in [0.4, 0.5) is 10.2 Å². The first-order valence-corrected chi connectivity index (χ1v) is 10.7. The number of Topliss-reactive ketones (excluding diaryl/α,β-unsaturated/α-hetero) is 1. The molecule has 0 saturated carbocycles. The summed E-state index contributed by atoms with van der Waals surface area (Å²) in [5, 5.41) is 7.86. The number of carbonyl (C=O) groups excluding carboxylic acids is 2. The predicted molar refractivity (Wildman–Crippen MR) is 128 cm³/mol. The normalized spacial score (nSPS) is 16.2. The molecule has 8 nitrogen and oxygen atoms in total. The zero-order chi connectivity index (χ0) is 30.4. The van der Waals surface area contributed by atoms with E-state index in [0.717, 1.165) is 0 Å². The topological polar surface area (TPSA) is 130 Å². The quantitative estimate of drug-likeness (QED) is 0.495. The first kappa shape index (κ1) is 17.9. The number of benzene rings is 1. The number of nitrogen functional groups attached to an aromatic ring is 1. The van der Waals surface area contributed by atoms with Crippen LogP contribution >= 0.6 is 0 Å². The number of rotatable bonds is 8. The van der Waals surface area contributed by atoms with Crippen molar-refractivity contribution in [1.29, 1.82) is 0 Å². The summed E-state index contributed by atoms with van der Waals surface area (Å²) in [7, 11) is 0. The minimum absolute atomic E-state index is 0.107. The van der Waals surface area contributed by atoms with Gasteiger partial charge in [-0.05, 0) is 24.7 Å². The average molecular weight is 476 g/mol. The fourth-order valence-electron chi connectivity index (χ4n) is 3.59. The number of nitrogens with two attached hydrogens (primary N) is 2. The van der Waals surface area contributed by atoms with Gasteiger partial charge in [0.1, 0.15) is 28.6 Å². The number of hydrogen-bond donors (Lipinski definition) is 2. The zero-order valence-corrected chi connectivity index (χ0v) is 19.5. The van der Waals surface area contributed by atoms with Crippen LogP contribution in [0.1, 0.15) is 89.0 Å². The molecule has 1 unspecified atom stereocenters. The largest absolute Gasteiger partial charge is 0.383 e. The lowest BCUT2D eigenvalue weighted by Crippen LogP contribution is -2.15. The van der Waals surface area contributed by atoms with Crippen molar-refractivity contribution in [2.45, 2.75) is 66.2 Å². The fraction of sp³-hybridized carbons (Fsp3) is 0.440. The van der Waals surface area contributed by atoms with Crippen molar-refractivity contribution in [3.8, 4) is 11.3 Å². The zero-order valence-electron chi connectivity index (χ0n) is 25.5. The molecule has 1 atom stereocenters. The highest BCUT2D eigenvalue weighted by Crippen LogP contribution is 2.31. The number of anilines is 1. The third kappa shape index (κ3) is 5.18. The number of hydrogen-bond acceptors (Lipinski definition) is 6. The van der Waals surface area contributed by atoms with Crippen LogP contribution in [0, 0.1) is 11.2 Å². The molecule has 1 aromatic carbocycles. The maximum absolute atomic E-state index is 14.7. The second-order valence-electron chi connectivity index (χ2n) is 9.41. The summed E-state index contributed by atoms with van der Waals surface area (Å²) in [5.41, 5.74) is 11.8. The Kier molecular flexibility index (Phi) is 4.95. The summed E-state index contributed by atoms with van der Waals surface area (Å²) in [6.45, 7) is 1.40. The Balaban J connectivity index is 1.90. The summed E-state index contributed by atoms with van der Waals surface area (Å²) in [4.78, 5) is 25.1. The van der Waals surface area contributed by atoms with E-state index in [2.05, 4.69) is 10.3 Å². The van der Waals surface area contributed by atoms with Gasteiger partial charge < -0.3 is 16.0 Å². The maximum Gasteiger partial charge on any atom is 0.254 e. The van der Waals surface area contributed by atoms with E-state index in [1.165, 1.54) is 12.1 Å². The SMILES string of the molecule is [2H]C([2H])([2H])C(n1nc(-c2ccc(C(C)C(=O)Cc3onc(CC(C)(C)C)c3F)cc2)c(C(N)=O)c1N)C([2H])([2H])[2H]. The summed E-state index contributed by atoms with van der Waals surface area (Å²) in [6.07, 6.45) is 0.0465. The lowest BCUT2D eigenvalue weighted by molar-refractivity contribution is -0.119. The number of carbonyl (C=O) groups is 2. The van der Waals surface area contributed by atoms with Gasteiger partial charge in [-0.1, -0.05) is 57.1 Å². The number of aromatic nitrogens is 3. The Morgan fingerprint density at radius 2 is 1.88 bits per heavy atom. The molecular weight excluding hydrogens is 437 g/mol. The van der Waals surface area contributed by atoms with Crippen molar-refractivity contribution in [3.05, 3.63) is 52.7 Å². The van der Waals surface area contributed by atoms with Crippen LogP contribution in [0.25, 0.3) is 11.3 Å². The molecule has 182 valence electrons. The lowest BCUT2D eigenvalue weighted by Gasteiger charge is -2.15. The number of primary amides is 1. The highest BCUT2D eigenvalue weighted by Gasteiger charge is 2.26. The molecule has 0 fully saturated rings. The predicted octanol–water partition coefficient (Wildman–Crippen LogP) is 4.44. The third-order valence-corrected chi connectivity index (χ3v) is 5.40. The van der Waals surface area contributed by atoms with Crippen LogP contribution in [0.5, 0.6) is 0 Å². The molecule has 9 heteroatoms. The Hall–Kier alpha value is -3.49. The van der Waals surface area contributed by atoms with Gasteiger partial charge in [-0.2, -0.15) is 5.10 Å². The number of nitrogens with zero attached hydrogens (tertiary/aromatic N) is 3. The van der Waals surface area contributed by atoms with E-state index in [1.54, 1.807) is 19.1 Å². The second-order valence-corrected chi connectivity index (χ2v) is 9.41. The van der Waals surface area contributed by atoms with E-state index in [-0.39, 0.29) is 45.9 Å². The Morgan fingerprint density at radius 1 is 1.24 bits per heavy atom. The van der Waals surface area contributed by atoms with E-state index < -0.39 is 43.2 Å². The molecule has 3 rings (SSSR count). The Morgan fingerprint density at radius 3 is 2.44 bits per heavy atom. The molecule has 34 heavy (non-hydrogen) atoms. The molecule has 0 aliphatic carbocycles. The second kappa shape index (κ2) is 9.40. The molecule has 2 heterocycles. The van der Waals surface area contributed by atoms with Gasteiger partial charge in [0.15, 0.2) is 11.6 Å². The number of amides is 1. The summed E-state index contributed by atoms with van der Waals surface area (Å²) in [6, 6.07) is 4.04. The minimum atomic E-state index is -3.02. The molecule has 0 radical (unpaired) electrons. The lowest BCUT2D eigenvalue weighted by atomic mass is 9.90. The number of ketones is 1.